The van der Waals surface area contributed by atoms with E-state index in [1.54, 1.807) is 0 Å². The predicted molar refractivity (Wildman–Crippen MR) is 70.8 cm³/mol. The highest BCUT2D eigenvalue weighted by Crippen LogP contribution is 2.20. The average molecular weight is 290 g/mol. The van der Waals surface area contributed by atoms with Crippen molar-refractivity contribution >= 4 is 16.3 Å². The Morgan fingerprint density at radius 2 is 1.58 bits per heavy atom. The van der Waals surface area contributed by atoms with E-state index in [9.17, 15) is 13.2 Å². The van der Waals surface area contributed by atoms with Gasteiger partial charge in [-0.3, -0.25) is 0 Å². The van der Waals surface area contributed by atoms with Crippen LogP contribution in [0.2, 0.25) is 0 Å². The second kappa shape index (κ2) is 6.56. The number of ether oxygens (including phenoxy) is 1. The first-order valence-electron chi connectivity index (χ1n) is 7.06. The van der Waals surface area contributed by atoms with Gasteiger partial charge >= 0.3 is 16.3 Å². The maximum Gasteiger partial charge on any atom is 0.422 e. The molecule has 7 heteroatoms. The molecule has 1 heterocycles. The molecule has 0 bridgehead atoms. The number of amides is 1. The van der Waals surface area contributed by atoms with Crippen molar-refractivity contribution in [2.75, 3.05) is 13.1 Å². The molecule has 0 aromatic heterocycles. The summed E-state index contributed by atoms with van der Waals surface area (Å²) in [6.45, 7) is 0.956. The van der Waals surface area contributed by atoms with Gasteiger partial charge in [0.15, 0.2) is 0 Å². The highest BCUT2D eigenvalue weighted by molar-refractivity contribution is 7.87. The summed E-state index contributed by atoms with van der Waals surface area (Å²) >= 11 is 0. The minimum Gasteiger partial charge on any atom is -0.446 e. The molecule has 1 saturated heterocycles. The van der Waals surface area contributed by atoms with E-state index < -0.39 is 16.3 Å². The van der Waals surface area contributed by atoms with Crippen LogP contribution in [0.5, 0.6) is 0 Å². The summed E-state index contributed by atoms with van der Waals surface area (Å²) in [7, 11) is -3.72. The molecule has 2 aliphatic rings. The van der Waals surface area contributed by atoms with Crippen LogP contribution in [0.4, 0.5) is 4.79 Å². The first kappa shape index (κ1) is 14.6. The molecule has 1 aliphatic heterocycles. The normalized spacial score (nSPS) is 22.9. The molecule has 0 unspecified atom stereocenters. The summed E-state index contributed by atoms with van der Waals surface area (Å²) in [4.78, 5) is 11.6. The number of carbonyl (C=O) groups is 1. The number of carbonyl (C=O) groups excluding carboxylic acids is 1. The summed E-state index contributed by atoms with van der Waals surface area (Å²) < 4.78 is 32.4. The van der Waals surface area contributed by atoms with Gasteiger partial charge in [-0.15, -0.1) is 0 Å². The fourth-order valence-corrected chi connectivity index (χ4v) is 3.76. The number of rotatable bonds is 3. The molecule has 19 heavy (non-hydrogen) atoms. The second-order valence-corrected chi connectivity index (χ2v) is 6.90. The fraction of sp³-hybridized carbons (Fsp3) is 0.917. The van der Waals surface area contributed by atoms with Crippen LogP contribution in [0.25, 0.3) is 0 Å². The van der Waals surface area contributed by atoms with Crippen LogP contribution in [-0.4, -0.2) is 38.0 Å². The van der Waals surface area contributed by atoms with Crippen LogP contribution in [0.15, 0.2) is 0 Å². The molecule has 2 rings (SSSR count). The Bertz CT molecular complexity index is 398. The number of piperidine rings is 1. The van der Waals surface area contributed by atoms with Gasteiger partial charge < -0.3 is 4.74 Å². The van der Waals surface area contributed by atoms with E-state index in [4.69, 9.17) is 4.74 Å². The lowest BCUT2D eigenvalue weighted by molar-refractivity contribution is 0.0794. The predicted octanol–water partition coefficient (Wildman–Crippen LogP) is 1.78. The van der Waals surface area contributed by atoms with Crippen molar-refractivity contribution in [1.82, 2.24) is 9.03 Å². The van der Waals surface area contributed by atoms with Crippen LogP contribution < -0.4 is 4.72 Å². The lowest BCUT2D eigenvalue weighted by Gasteiger charge is -2.26. The molecular formula is C12H22N2O4S. The zero-order valence-electron chi connectivity index (χ0n) is 11.1. The van der Waals surface area contributed by atoms with Gasteiger partial charge in [-0.05, 0) is 38.5 Å². The molecule has 0 aromatic carbocycles. The minimum absolute atomic E-state index is 0.134. The van der Waals surface area contributed by atoms with Gasteiger partial charge in [0, 0.05) is 13.1 Å². The SMILES string of the molecule is O=C(NS(=O)(=O)N1CCCCC1)OC1CCCCC1. The van der Waals surface area contributed by atoms with Gasteiger partial charge in [0.1, 0.15) is 6.10 Å². The van der Waals surface area contributed by atoms with Crippen LogP contribution in [0, 0.1) is 0 Å². The molecular weight excluding hydrogens is 268 g/mol. The second-order valence-electron chi connectivity index (χ2n) is 5.23. The fourth-order valence-electron chi connectivity index (χ4n) is 2.63. The lowest BCUT2D eigenvalue weighted by atomic mass is 9.98. The number of nitrogens with one attached hydrogen (secondary N) is 1. The summed E-state index contributed by atoms with van der Waals surface area (Å²) in [6.07, 6.45) is 6.66. The largest absolute Gasteiger partial charge is 0.446 e. The summed E-state index contributed by atoms with van der Waals surface area (Å²) in [6, 6.07) is 0. The molecule has 2 fully saturated rings. The quantitative estimate of drug-likeness (QED) is 0.859. The van der Waals surface area contributed by atoms with Crippen molar-refractivity contribution in [3.05, 3.63) is 0 Å². The van der Waals surface area contributed by atoms with Crippen molar-refractivity contribution < 1.29 is 17.9 Å². The molecule has 1 N–H and O–H groups in total. The first-order chi connectivity index (χ1) is 9.08. The third-order valence-corrected chi connectivity index (χ3v) is 5.16. The Kier molecular flexibility index (Phi) is 5.04. The van der Waals surface area contributed by atoms with Gasteiger partial charge in [-0.2, -0.15) is 12.7 Å². The van der Waals surface area contributed by atoms with Crippen molar-refractivity contribution in [1.29, 1.82) is 0 Å². The number of hydrogen-bond acceptors (Lipinski definition) is 4. The van der Waals surface area contributed by atoms with Gasteiger partial charge in [0.05, 0.1) is 0 Å². The maximum absolute atomic E-state index is 12.0. The summed E-state index contributed by atoms with van der Waals surface area (Å²) in [5.74, 6) is 0. The van der Waals surface area contributed by atoms with E-state index in [1.807, 2.05) is 4.72 Å². The van der Waals surface area contributed by atoms with E-state index >= 15 is 0 Å². The van der Waals surface area contributed by atoms with E-state index in [-0.39, 0.29) is 6.10 Å². The smallest absolute Gasteiger partial charge is 0.422 e. The van der Waals surface area contributed by atoms with Crippen LogP contribution in [-0.2, 0) is 14.9 Å². The highest BCUT2D eigenvalue weighted by Gasteiger charge is 2.27. The third kappa shape index (κ3) is 4.35. The molecule has 1 saturated carbocycles. The van der Waals surface area contributed by atoms with Crippen LogP contribution in [0.1, 0.15) is 51.4 Å². The van der Waals surface area contributed by atoms with Crippen LogP contribution in [0.3, 0.4) is 0 Å². The molecule has 0 radical (unpaired) electrons. The number of hydrogen-bond donors (Lipinski definition) is 1. The summed E-state index contributed by atoms with van der Waals surface area (Å²) in [5.41, 5.74) is 0. The van der Waals surface area contributed by atoms with Crippen molar-refractivity contribution in [2.45, 2.75) is 57.5 Å². The monoisotopic (exact) mass is 290 g/mol. The molecule has 0 aromatic rings. The summed E-state index contributed by atoms with van der Waals surface area (Å²) in [5, 5.41) is 0. The zero-order valence-corrected chi connectivity index (χ0v) is 12.0. The standard InChI is InChI=1S/C12H22N2O4S/c15-12(18-11-7-3-1-4-8-11)13-19(16,17)14-9-5-2-6-10-14/h11H,1-10H2,(H,13,15). The maximum atomic E-state index is 12.0. The van der Waals surface area contributed by atoms with E-state index in [1.165, 1.54) is 4.31 Å². The van der Waals surface area contributed by atoms with E-state index in [2.05, 4.69) is 0 Å². The molecule has 0 spiro atoms. The lowest BCUT2D eigenvalue weighted by Crippen LogP contribution is -2.46. The van der Waals surface area contributed by atoms with Gasteiger partial charge in [-0.25, -0.2) is 9.52 Å². The average Bonchev–Trinajstić information content (AvgIpc) is 2.40. The Morgan fingerprint density at radius 3 is 2.21 bits per heavy atom. The molecule has 1 aliphatic carbocycles. The van der Waals surface area contributed by atoms with Gasteiger partial charge in [0.25, 0.3) is 0 Å². The van der Waals surface area contributed by atoms with Gasteiger partial charge in [-0.1, -0.05) is 12.8 Å². The minimum atomic E-state index is -3.72. The Morgan fingerprint density at radius 1 is 1.00 bits per heavy atom. The van der Waals surface area contributed by atoms with Gasteiger partial charge in [0.2, 0.25) is 0 Å². The van der Waals surface area contributed by atoms with Crippen molar-refractivity contribution in [3.8, 4) is 0 Å². The zero-order chi connectivity index (χ0) is 13.7. The number of nitrogens with zero attached hydrogens (tertiary/aromatic N) is 1. The topological polar surface area (TPSA) is 75.7 Å². The molecule has 1 amide bonds. The third-order valence-electron chi connectivity index (χ3n) is 3.69. The van der Waals surface area contributed by atoms with Crippen LogP contribution >= 0.6 is 0 Å². The Hall–Kier alpha value is -0.820. The molecule has 110 valence electrons. The molecule has 0 atom stereocenters. The highest BCUT2D eigenvalue weighted by atomic mass is 32.2. The Balaban J connectivity index is 1.82. The van der Waals surface area contributed by atoms with E-state index in [0.717, 1.165) is 51.4 Å². The van der Waals surface area contributed by atoms with E-state index in [0.29, 0.717) is 13.1 Å². The first-order valence-corrected chi connectivity index (χ1v) is 8.50. The van der Waals surface area contributed by atoms with Crippen molar-refractivity contribution in [3.63, 3.8) is 0 Å². The molecule has 6 nitrogen and oxygen atoms in total. The van der Waals surface area contributed by atoms with Crippen molar-refractivity contribution in [2.24, 2.45) is 0 Å². The Labute approximate surface area is 114 Å².